The predicted molar refractivity (Wildman–Crippen MR) is 49.3 cm³/mol. The van der Waals surface area contributed by atoms with Crippen LogP contribution in [0.5, 0.6) is 0 Å². The first kappa shape index (κ1) is 11.8. The third-order valence-corrected chi connectivity index (χ3v) is 1.57. The Balaban J connectivity index is 3.99. The summed E-state index contributed by atoms with van der Waals surface area (Å²) in [6.07, 6.45) is 1.34. The summed E-state index contributed by atoms with van der Waals surface area (Å²) in [5, 5.41) is 9.11. The summed E-state index contributed by atoms with van der Waals surface area (Å²) in [5.41, 5.74) is 5.45. The minimum absolute atomic E-state index is 0.00968. The first-order valence-corrected chi connectivity index (χ1v) is 4.09. The molecule has 0 radical (unpaired) electrons. The first-order chi connectivity index (χ1) is 5.97. The van der Waals surface area contributed by atoms with Gasteiger partial charge in [0.2, 0.25) is 0 Å². The molecule has 0 fully saturated rings. The maximum Gasteiger partial charge on any atom is 0.142 e. The average Bonchev–Trinajstić information content (AvgIpc) is 2.01. The van der Waals surface area contributed by atoms with Crippen LogP contribution in [0.15, 0.2) is 11.8 Å². The number of allylic oxidation sites excluding steroid dienone is 1. The number of carbonyl (C=O) groups is 2. The first-order valence-electron chi connectivity index (χ1n) is 4.09. The van der Waals surface area contributed by atoms with Crippen molar-refractivity contribution in [3.8, 4) is 0 Å². The quantitative estimate of drug-likeness (QED) is 0.488. The topological polar surface area (TPSA) is 80.4 Å². The number of aliphatic hydroxyl groups is 1. The molecule has 4 heteroatoms. The molecule has 0 aliphatic carbocycles. The molecule has 0 heterocycles. The van der Waals surface area contributed by atoms with E-state index < -0.39 is 6.04 Å². The van der Waals surface area contributed by atoms with Crippen molar-refractivity contribution in [2.75, 3.05) is 0 Å². The monoisotopic (exact) mass is 185 g/mol. The van der Waals surface area contributed by atoms with Crippen molar-refractivity contribution in [1.82, 2.24) is 0 Å². The number of aliphatic hydroxyl groups excluding tert-OH is 1. The second-order valence-corrected chi connectivity index (χ2v) is 2.94. The summed E-state index contributed by atoms with van der Waals surface area (Å²) < 4.78 is 0. The molecule has 0 aliphatic heterocycles. The van der Waals surface area contributed by atoms with E-state index in [1.807, 2.05) is 0 Å². The van der Waals surface area contributed by atoms with Crippen molar-refractivity contribution < 1.29 is 14.7 Å². The molecule has 0 aromatic rings. The Morgan fingerprint density at radius 3 is 2.46 bits per heavy atom. The van der Waals surface area contributed by atoms with E-state index in [1.54, 1.807) is 6.92 Å². The van der Waals surface area contributed by atoms with E-state index in [9.17, 15) is 9.59 Å². The summed E-state index contributed by atoms with van der Waals surface area (Å²) in [4.78, 5) is 21.6. The second-order valence-electron chi connectivity index (χ2n) is 2.94. The number of ketones is 2. The molecule has 0 bridgehead atoms. The van der Waals surface area contributed by atoms with Crippen LogP contribution >= 0.6 is 0 Å². The standard InChI is InChI=1S/C9H15NO3/c1-3-9(13)8(10)5-7(12)4-6(2)11/h3,8,13H,4-5,10H2,1-2H3. The number of hydrogen-bond donors (Lipinski definition) is 2. The molecule has 0 aromatic carbocycles. The Morgan fingerprint density at radius 1 is 1.54 bits per heavy atom. The van der Waals surface area contributed by atoms with Crippen LogP contribution in [0.25, 0.3) is 0 Å². The maximum atomic E-state index is 11.0. The lowest BCUT2D eigenvalue weighted by atomic mass is 10.1. The molecule has 74 valence electrons. The number of rotatable bonds is 5. The van der Waals surface area contributed by atoms with Gasteiger partial charge in [0.25, 0.3) is 0 Å². The van der Waals surface area contributed by atoms with Crippen molar-refractivity contribution in [2.45, 2.75) is 32.7 Å². The van der Waals surface area contributed by atoms with Crippen molar-refractivity contribution in [2.24, 2.45) is 5.73 Å². The summed E-state index contributed by atoms with van der Waals surface area (Å²) >= 11 is 0. The SMILES string of the molecule is CC=C(O)C(N)CC(=O)CC(C)=O. The zero-order valence-corrected chi connectivity index (χ0v) is 7.91. The molecule has 0 rings (SSSR count). The lowest BCUT2D eigenvalue weighted by Gasteiger charge is -2.08. The van der Waals surface area contributed by atoms with Crippen molar-refractivity contribution in [1.29, 1.82) is 0 Å². The van der Waals surface area contributed by atoms with Crippen molar-refractivity contribution >= 4 is 11.6 Å². The van der Waals surface area contributed by atoms with Gasteiger partial charge < -0.3 is 10.8 Å². The van der Waals surface area contributed by atoms with Gasteiger partial charge in [-0.05, 0) is 19.9 Å². The summed E-state index contributed by atoms with van der Waals surface area (Å²) in [7, 11) is 0. The van der Waals surface area contributed by atoms with Gasteiger partial charge in [0.1, 0.15) is 17.3 Å². The molecule has 1 unspecified atom stereocenters. The maximum absolute atomic E-state index is 11.0. The molecule has 0 aromatic heterocycles. The lowest BCUT2D eigenvalue weighted by Crippen LogP contribution is -2.26. The van der Waals surface area contributed by atoms with Gasteiger partial charge in [-0.1, -0.05) is 0 Å². The van der Waals surface area contributed by atoms with Crippen molar-refractivity contribution in [3.05, 3.63) is 11.8 Å². The van der Waals surface area contributed by atoms with Crippen LogP contribution in [0.2, 0.25) is 0 Å². The number of nitrogens with two attached hydrogens (primary N) is 1. The van der Waals surface area contributed by atoms with Crippen LogP contribution in [-0.4, -0.2) is 22.7 Å². The van der Waals surface area contributed by atoms with E-state index >= 15 is 0 Å². The van der Waals surface area contributed by atoms with Gasteiger partial charge in [0, 0.05) is 6.42 Å². The van der Waals surface area contributed by atoms with Crippen LogP contribution in [0.3, 0.4) is 0 Å². The van der Waals surface area contributed by atoms with Gasteiger partial charge in [-0.15, -0.1) is 0 Å². The van der Waals surface area contributed by atoms with Gasteiger partial charge >= 0.3 is 0 Å². The molecule has 4 nitrogen and oxygen atoms in total. The van der Waals surface area contributed by atoms with Gasteiger partial charge in [0.05, 0.1) is 12.5 Å². The highest BCUT2D eigenvalue weighted by atomic mass is 16.3. The van der Waals surface area contributed by atoms with Gasteiger partial charge in [0.15, 0.2) is 0 Å². The molecular weight excluding hydrogens is 170 g/mol. The Bertz CT molecular complexity index is 233. The van der Waals surface area contributed by atoms with E-state index in [4.69, 9.17) is 10.8 Å². The Hall–Kier alpha value is -1.16. The molecule has 3 N–H and O–H groups in total. The Labute approximate surface area is 77.4 Å². The van der Waals surface area contributed by atoms with Crippen molar-refractivity contribution in [3.63, 3.8) is 0 Å². The fourth-order valence-electron chi connectivity index (χ4n) is 0.914. The highest BCUT2D eigenvalue weighted by Gasteiger charge is 2.13. The average molecular weight is 185 g/mol. The smallest absolute Gasteiger partial charge is 0.142 e. The summed E-state index contributed by atoms with van der Waals surface area (Å²) in [6.45, 7) is 2.98. The highest BCUT2D eigenvalue weighted by molar-refractivity contribution is 5.98. The van der Waals surface area contributed by atoms with Crippen LogP contribution < -0.4 is 5.73 Å². The zero-order chi connectivity index (χ0) is 10.4. The van der Waals surface area contributed by atoms with E-state index in [0.717, 1.165) is 0 Å². The fraction of sp³-hybridized carbons (Fsp3) is 0.556. The zero-order valence-electron chi connectivity index (χ0n) is 7.91. The van der Waals surface area contributed by atoms with Gasteiger partial charge in [-0.3, -0.25) is 9.59 Å². The largest absolute Gasteiger partial charge is 0.511 e. The number of Topliss-reactive ketones (excluding diaryl/α,β-unsaturated/α-hetero) is 2. The van der Waals surface area contributed by atoms with Gasteiger partial charge in [-0.2, -0.15) is 0 Å². The van der Waals surface area contributed by atoms with E-state index in [2.05, 4.69) is 0 Å². The highest BCUT2D eigenvalue weighted by Crippen LogP contribution is 2.02. The normalized spacial score (nSPS) is 13.9. The molecule has 0 aliphatic rings. The minimum Gasteiger partial charge on any atom is -0.511 e. The van der Waals surface area contributed by atoms with E-state index in [-0.39, 0.29) is 30.2 Å². The molecule has 1 atom stereocenters. The number of carbonyl (C=O) groups excluding carboxylic acids is 2. The molecule has 0 saturated carbocycles. The lowest BCUT2D eigenvalue weighted by molar-refractivity contribution is -0.126. The van der Waals surface area contributed by atoms with Crippen LogP contribution in [-0.2, 0) is 9.59 Å². The molecule has 0 amide bonds. The van der Waals surface area contributed by atoms with Gasteiger partial charge in [-0.25, -0.2) is 0 Å². The third-order valence-electron chi connectivity index (χ3n) is 1.57. The molecular formula is C9H15NO3. The van der Waals surface area contributed by atoms with E-state index in [0.29, 0.717) is 0 Å². The van der Waals surface area contributed by atoms with Crippen LogP contribution in [0.4, 0.5) is 0 Å². The third kappa shape index (κ3) is 5.14. The van der Waals surface area contributed by atoms with E-state index in [1.165, 1.54) is 13.0 Å². The Morgan fingerprint density at radius 2 is 2.08 bits per heavy atom. The predicted octanol–water partition coefficient (Wildman–Crippen LogP) is 0.714. The molecule has 13 heavy (non-hydrogen) atoms. The molecule has 0 saturated heterocycles. The molecule has 0 spiro atoms. The summed E-state index contributed by atoms with van der Waals surface area (Å²) in [6, 6.07) is -0.683. The second kappa shape index (κ2) is 5.48. The summed E-state index contributed by atoms with van der Waals surface area (Å²) in [5.74, 6) is -0.442. The van der Waals surface area contributed by atoms with Crippen LogP contribution in [0.1, 0.15) is 26.7 Å². The Kier molecular flexibility index (Phi) is 4.99. The minimum atomic E-state index is -0.683. The fourth-order valence-corrected chi connectivity index (χ4v) is 0.914. The van der Waals surface area contributed by atoms with Crippen LogP contribution in [0, 0.1) is 0 Å². The number of hydrogen-bond acceptors (Lipinski definition) is 4.